The summed E-state index contributed by atoms with van der Waals surface area (Å²) in [4.78, 5) is 24.0. The topological polar surface area (TPSA) is 74.7 Å². The van der Waals surface area contributed by atoms with Gasteiger partial charge in [-0.1, -0.05) is 0 Å². The van der Waals surface area contributed by atoms with Gasteiger partial charge in [0.2, 0.25) is 5.91 Å². The highest BCUT2D eigenvalue weighted by Crippen LogP contribution is 2.13. The van der Waals surface area contributed by atoms with E-state index >= 15 is 0 Å². The molecule has 0 aromatic heterocycles. The van der Waals surface area contributed by atoms with Crippen LogP contribution in [0.15, 0.2) is 0 Å². The second kappa shape index (κ2) is 5.98. The Morgan fingerprint density at radius 3 is 2.00 bits per heavy atom. The van der Waals surface area contributed by atoms with E-state index in [2.05, 4.69) is 0 Å². The third kappa shape index (κ3) is 3.59. The number of carbonyl (C=O) groups is 2. The fraction of sp³-hybridized carbons (Fsp3) is 0.800. The van der Waals surface area contributed by atoms with Crippen LogP contribution in [0.2, 0.25) is 0 Å². The molecule has 0 aliphatic heterocycles. The van der Waals surface area contributed by atoms with Crippen molar-refractivity contribution in [2.75, 3.05) is 18.8 Å². The lowest BCUT2D eigenvalue weighted by Crippen LogP contribution is -2.42. The average Bonchev–Trinajstić information content (AvgIpc) is 2.18. The summed E-state index contributed by atoms with van der Waals surface area (Å²) >= 11 is 0. The lowest BCUT2D eigenvalue weighted by Gasteiger charge is -2.22. The van der Waals surface area contributed by atoms with Crippen molar-refractivity contribution in [2.24, 2.45) is 0 Å². The number of carboxylic acids is 1. The van der Waals surface area contributed by atoms with E-state index in [-0.39, 0.29) is 11.7 Å². The second-order valence-electron chi connectivity index (χ2n) is 3.87. The van der Waals surface area contributed by atoms with Gasteiger partial charge in [-0.2, -0.15) is 0 Å². The minimum atomic E-state index is -1.71. The van der Waals surface area contributed by atoms with Gasteiger partial charge in [0.1, 0.15) is 10.5 Å². The van der Waals surface area contributed by atoms with Crippen LogP contribution in [0.5, 0.6) is 0 Å². The standard InChI is InChI=1S/C10H19NO4S/c1-5-11(6-2)8(12)7-16(15)10(3,4)9(13)14/h5-7H2,1-4H3,(H,13,14). The molecule has 0 fully saturated rings. The summed E-state index contributed by atoms with van der Waals surface area (Å²) in [5, 5.41) is 8.86. The molecular formula is C10H19NO4S. The number of aliphatic carboxylic acids is 1. The minimum Gasteiger partial charge on any atom is -0.480 e. The monoisotopic (exact) mass is 249 g/mol. The van der Waals surface area contributed by atoms with Crippen LogP contribution in [-0.4, -0.2) is 49.7 Å². The van der Waals surface area contributed by atoms with Gasteiger partial charge in [0.05, 0.1) is 0 Å². The lowest BCUT2D eigenvalue weighted by molar-refractivity contribution is -0.139. The summed E-state index contributed by atoms with van der Waals surface area (Å²) in [6.45, 7) is 7.46. The summed E-state index contributed by atoms with van der Waals surface area (Å²) in [5.41, 5.74) is 0. The molecule has 1 unspecified atom stereocenters. The van der Waals surface area contributed by atoms with Crippen LogP contribution in [0.25, 0.3) is 0 Å². The van der Waals surface area contributed by atoms with E-state index in [1.165, 1.54) is 18.7 Å². The van der Waals surface area contributed by atoms with Gasteiger partial charge < -0.3 is 10.0 Å². The summed E-state index contributed by atoms with van der Waals surface area (Å²) in [6.07, 6.45) is 0. The Balaban J connectivity index is 4.58. The van der Waals surface area contributed by atoms with Gasteiger partial charge >= 0.3 is 5.97 Å². The number of rotatable bonds is 6. The molecular weight excluding hydrogens is 230 g/mol. The number of carboxylic acid groups (broad SMARTS) is 1. The number of hydrogen-bond donors (Lipinski definition) is 1. The fourth-order valence-electron chi connectivity index (χ4n) is 1.06. The summed E-state index contributed by atoms with van der Waals surface area (Å²) in [6, 6.07) is 0. The molecule has 1 atom stereocenters. The molecule has 1 N–H and O–H groups in total. The first kappa shape index (κ1) is 15.1. The quantitative estimate of drug-likeness (QED) is 0.742. The van der Waals surface area contributed by atoms with Gasteiger partial charge in [0.15, 0.2) is 0 Å². The molecule has 94 valence electrons. The maximum Gasteiger partial charge on any atom is 0.321 e. The third-order valence-electron chi connectivity index (χ3n) is 2.45. The summed E-state index contributed by atoms with van der Waals surface area (Å²) in [7, 11) is -1.71. The molecule has 0 spiro atoms. The SMILES string of the molecule is CCN(CC)C(=O)CS(=O)C(C)(C)C(=O)O. The van der Waals surface area contributed by atoms with Crippen LogP contribution < -0.4 is 0 Å². The first-order valence-corrected chi connectivity index (χ1v) is 6.48. The van der Waals surface area contributed by atoms with Crippen molar-refractivity contribution in [1.82, 2.24) is 4.90 Å². The smallest absolute Gasteiger partial charge is 0.321 e. The molecule has 16 heavy (non-hydrogen) atoms. The molecule has 0 aliphatic rings. The maximum atomic E-state index is 11.7. The Labute approximate surface area is 98.3 Å². The predicted molar refractivity (Wildman–Crippen MR) is 62.7 cm³/mol. The van der Waals surface area contributed by atoms with Crippen molar-refractivity contribution in [3.63, 3.8) is 0 Å². The van der Waals surface area contributed by atoms with Crippen LogP contribution in [0.3, 0.4) is 0 Å². The molecule has 0 radical (unpaired) electrons. The fourth-order valence-corrected chi connectivity index (χ4v) is 2.02. The van der Waals surface area contributed by atoms with Gasteiger partial charge in [-0.25, -0.2) is 0 Å². The van der Waals surface area contributed by atoms with E-state index in [4.69, 9.17) is 5.11 Å². The van der Waals surface area contributed by atoms with Gasteiger partial charge in [0.25, 0.3) is 0 Å². The average molecular weight is 249 g/mol. The highest BCUT2D eigenvalue weighted by molar-refractivity contribution is 7.87. The van der Waals surface area contributed by atoms with Crippen molar-refractivity contribution in [2.45, 2.75) is 32.4 Å². The van der Waals surface area contributed by atoms with Crippen LogP contribution in [0.4, 0.5) is 0 Å². The van der Waals surface area contributed by atoms with Gasteiger partial charge in [-0.3, -0.25) is 13.8 Å². The van der Waals surface area contributed by atoms with E-state index in [1.807, 2.05) is 13.8 Å². The van der Waals surface area contributed by atoms with Crippen molar-refractivity contribution in [3.05, 3.63) is 0 Å². The van der Waals surface area contributed by atoms with Crippen LogP contribution in [-0.2, 0) is 20.4 Å². The summed E-state index contributed by atoms with van der Waals surface area (Å²) < 4.78 is 10.3. The van der Waals surface area contributed by atoms with E-state index in [9.17, 15) is 13.8 Å². The third-order valence-corrected chi connectivity index (χ3v) is 4.28. The Morgan fingerprint density at radius 2 is 1.69 bits per heavy atom. The van der Waals surface area contributed by atoms with Gasteiger partial charge in [-0.05, 0) is 27.7 Å². The molecule has 0 saturated heterocycles. The molecule has 0 aromatic rings. The normalized spacial score (nSPS) is 13.2. The zero-order valence-electron chi connectivity index (χ0n) is 10.1. The molecule has 0 rings (SSSR count). The van der Waals surface area contributed by atoms with E-state index in [0.717, 1.165) is 0 Å². The highest BCUT2D eigenvalue weighted by atomic mass is 32.2. The number of amides is 1. The molecule has 1 amide bonds. The van der Waals surface area contributed by atoms with E-state index in [0.29, 0.717) is 13.1 Å². The Morgan fingerprint density at radius 1 is 1.25 bits per heavy atom. The first-order valence-electron chi connectivity index (χ1n) is 5.17. The number of hydrogen-bond acceptors (Lipinski definition) is 3. The number of nitrogens with zero attached hydrogens (tertiary/aromatic N) is 1. The van der Waals surface area contributed by atoms with Crippen LogP contribution in [0, 0.1) is 0 Å². The molecule has 0 aromatic carbocycles. The Hall–Kier alpha value is -0.910. The maximum absolute atomic E-state index is 11.7. The molecule has 0 heterocycles. The van der Waals surface area contributed by atoms with Gasteiger partial charge in [-0.15, -0.1) is 0 Å². The van der Waals surface area contributed by atoms with Crippen molar-refractivity contribution >= 4 is 22.7 Å². The molecule has 0 aliphatic carbocycles. The predicted octanol–water partition coefficient (Wildman–Crippen LogP) is 0.467. The van der Waals surface area contributed by atoms with E-state index < -0.39 is 21.5 Å². The van der Waals surface area contributed by atoms with Crippen LogP contribution in [0.1, 0.15) is 27.7 Å². The zero-order valence-corrected chi connectivity index (χ0v) is 11.0. The Kier molecular flexibility index (Phi) is 5.64. The first-order chi connectivity index (χ1) is 7.27. The number of carbonyl (C=O) groups excluding carboxylic acids is 1. The summed E-state index contributed by atoms with van der Waals surface area (Å²) in [5.74, 6) is -1.66. The molecule has 5 nitrogen and oxygen atoms in total. The highest BCUT2D eigenvalue weighted by Gasteiger charge is 2.35. The van der Waals surface area contributed by atoms with Crippen LogP contribution >= 0.6 is 0 Å². The molecule has 0 saturated carbocycles. The van der Waals surface area contributed by atoms with E-state index in [1.54, 1.807) is 0 Å². The molecule has 6 heteroatoms. The second-order valence-corrected chi connectivity index (χ2v) is 5.87. The Bertz CT molecular complexity index is 297. The lowest BCUT2D eigenvalue weighted by atomic mass is 10.2. The molecule has 0 bridgehead atoms. The largest absolute Gasteiger partial charge is 0.480 e. The van der Waals surface area contributed by atoms with Crippen molar-refractivity contribution < 1.29 is 18.9 Å². The zero-order chi connectivity index (χ0) is 12.9. The van der Waals surface area contributed by atoms with Gasteiger partial charge in [0, 0.05) is 23.9 Å². The minimum absolute atomic E-state index is 0.235. The van der Waals surface area contributed by atoms with Crippen molar-refractivity contribution in [3.8, 4) is 0 Å². The van der Waals surface area contributed by atoms with Crippen molar-refractivity contribution in [1.29, 1.82) is 0 Å².